The summed E-state index contributed by atoms with van der Waals surface area (Å²) in [6.07, 6.45) is 5.41. The van der Waals surface area contributed by atoms with Crippen LogP contribution < -0.4 is 27.0 Å². The summed E-state index contributed by atoms with van der Waals surface area (Å²) < 4.78 is 56.2. The molecule has 6 aromatic rings. The maximum absolute atomic E-state index is 14.1. The second-order valence-corrected chi connectivity index (χ2v) is 21.7. The summed E-state index contributed by atoms with van der Waals surface area (Å²) in [5.41, 5.74) is 10.7. The van der Waals surface area contributed by atoms with E-state index < -0.39 is 36.7 Å². The standard InChI is InChI=1S/C57H70F3N11O9S/c1-36-49(81-35-66-36)38-15-13-37(14-16-38)30-64-53(76)46-29-42(72)31-70(46)55(77)43(56(2,3)4)12-8-5-6-10-24-78-26-27-79-25-11-7-9-22-63-51(74)39-17-19-41(20-18-39)71-32-44(48(69-71)50(61)73)67-52(75)45-33-80-54(68-45)40-21-23-62-47(28-40)65-34-57(58,59)60/h13-21,23,28,32-33,35,42-43,46,72H,5-12,22,24-27,29-31,34H2,1-4H3,(H2,61,73)(H,62,65)(H,63,74)(H,64,76)(H,67,75)/t42-,43-,46+/m1/s1. The number of hydrogen-bond acceptors (Lipinski definition) is 15. The minimum atomic E-state index is -4.46. The van der Waals surface area contributed by atoms with Gasteiger partial charge in [0.25, 0.3) is 17.7 Å². The number of thiazole rings is 1. The van der Waals surface area contributed by atoms with Gasteiger partial charge >= 0.3 is 6.18 Å². The number of carbonyl (C=O) groups is 5. The Bertz CT molecular complexity index is 3050. The van der Waals surface area contributed by atoms with Gasteiger partial charge in [-0.2, -0.15) is 18.3 Å². The molecule has 2 aromatic carbocycles. The highest BCUT2D eigenvalue weighted by molar-refractivity contribution is 7.13. The monoisotopic (exact) mass is 1140 g/mol. The second kappa shape index (κ2) is 28.7. The number of hydrogen-bond donors (Lipinski definition) is 6. The third kappa shape index (κ3) is 18.0. The summed E-state index contributed by atoms with van der Waals surface area (Å²) in [4.78, 5) is 80.8. The Labute approximate surface area is 471 Å². The number of aliphatic hydroxyl groups is 1. The Morgan fingerprint density at radius 2 is 1.57 bits per heavy atom. The van der Waals surface area contributed by atoms with Gasteiger partial charge in [0.2, 0.25) is 17.7 Å². The Morgan fingerprint density at radius 3 is 2.23 bits per heavy atom. The zero-order valence-electron chi connectivity index (χ0n) is 45.9. The van der Waals surface area contributed by atoms with Crippen molar-refractivity contribution in [1.29, 1.82) is 0 Å². The van der Waals surface area contributed by atoms with E-state index in [9.17, 15) is 42.3 Å². The molecule has 434 valence electrons. The highest BCUT2D eigenvalue weighted by Crippen LogP contribution is 2.35. The van der Waals surface area contributed by atoms with Gasteiger partial charge in [0.15, 0.2) is 11.4 Å². The predicted octanol–water partition coefficient (Wildman–Crippen LogP) is 8.50. The van der Waals surface area contributed by atoms with E-state index in [0.29, 0.717) is 57.2 Å². The van der Waals surface area contributed by atoms with Crippen LogP contribution in [0.1, 0.15) is 121 Å². The maximum Gasteiger partial charge on any atom is 0.405 e. The largest absolute Gasteiger partial charge is 0.444 e. The number of aliphatic hydroxyl groups excluding tert-OH is 1. The first-order chi connectivity index (χ1) is 38.7. The number of aromatic nitrogens is 5. The van der Waals surface area contributed by atoms with Crippen LogP contribution in [0.25, 0.3) is 27.6 Å². The minimum Gasteiger partial charge on any atom is -0.444 e. The van der Waals surface area contributed by atoms with E-state index in [0.717, 1.165) is 72.9 Å². The number of aryl methyl sites for hydroxylation is 1. The van der Waals surface area contributed by atoms with Crippen LogP contribution in [0.3, 0.4) is 0 Å². The van der Waals surface area contributed by atoms with Crippen molar-refractivity contribution in [2.24, 2.45) is 17.1 Å². The third-order valence-electron chi connectivity index (χ3n) is 13.6. The highest BCUT2D eigenvalue weighted by Gasteiger charge is 2.43. The van der Waals surface area contributed by atoms with Gasteiger partial charge in [-0.1, -0.05) is 64.3 Å². The van der Waals surface area contributed by atoms with Gasteiger partial charge in [0, 0.05) is 62.5 Å². The molecule has 5 heterocycles. The molecule has 1 fully saturated rings. The van der Waals surface area contributed by atoms with Gasteiger partial charge in [-0.3, -0.25) is 24.0 Å². The molecule has 0 aliphatic carbocycles. The van der Waals surface area contributed by atoms with Crippen LogP contribution in [0, 0.1) is 18.3 Å². The normalized spacial score (nSPS) is 14.9. The number of benzene rings is 2. The van der Waals surface area contributed by atoms with Crippen molar-refractivity contribution in [3.05, 3.63) is 113 Å². The Balaban J connectivity index is 0.724. The number of unbranched alkanes of at least 4 members (excludes halogenated alkanes) is 5. The lowest BCUT2D eigenvalue weighted by atomic mass is 9.76. The van der Waals surface area contributed by atoms with Crippen molar-refractivity contribution in [3.8, 4) is 27.6 Å². The minimum absolute atomic E-state index is 0.0312. The lowest BCUT2D eigenvalue weighted by Gasteiger charge is -2.35. The lowest BCUT2D eigenvalue weighted by Crippen LogP contribution is -2.49. The summed E-state index contributed by atoms with van der Waals surface area (Å²) in [5.74, 6) is -2.76. The smallest absolute Gasteiger partial charge is 0.405 e. The molecule has 5 amide bonds. The van der Waals surface area contributed by atoms with Crippen LogP contribution in [-0.2, 0) is 25.6 Å². The van der Waals surface area contributed by atoms with Crippen LogP contribution in [0.5, 0.6) is 0 Å². The zero-order chi connectivity index (χ0) is 58.1. The molecule has 20 nitrogen and oxygen atoms in total. The molecule has 81 heavy (non-hydrogen) atoms. The third-order valence-corrected chi connectivity index (χ3v) is 14.6. The SMILES string of the molecule is Cc1ncsc1-c1ccc(CNC(=O)[C@@H]2C[C@@H](O)CN2C(=O)[C@@H](CCCCCCOCCOCCCCCNC(=O)c2ccc(-n3cc(NC(=O)c4coc(-c5ccnc(NCC(F)(F)F)c5)n4)c(C(N)=O)n3)cc2)C(C)(C)C)cc1. The Morgan fingerprint density at radius 1 is 0.864 bits per heavy atom. The zero-order valence-corrected chi connectivity index (χ0v) is 46.7. The van der Waals surface area contributed by atoms with Crippen molar-refractivity contribution in [2.75, 3.05) is 56.7 Å². The topological polar surface area (TPSA) is 271 Å². The molecule has 0 radical (unpaired) electrons. The average Bonchev–Trinajstić information content (AvgIpc) is 4.30. The van der Waals surface area contributed by atoms with E-state index in [2.05, 4.69) is 62.1 Å². The molecule has 0 saturated carbocycles. The summed E-state index contributed by atoms with van der Waals surface area (Å²) in [6.45, 7) is 9.91. The van der Waals surface area contributed by atoms with Crippen LogP contribution >= 0.6 is 11.3 Å². The van der Waals surface area contributed by atoms with Crippen molar-refractivity contribution in [2.45, 2.75) is 110 Å². The first kappa shape index (κ1) is 61.1. The van der Waals surface area contributed by atoms with E-state index in [4.69, 9.17) is 19.6 Å². The van der Waals surface area contributed by atoms with Crippen molar-refractivity contribution in [1.82, 2.24) is 40.3 Å². The Kier molecular flexibility index (Phi) is 21.7. The number of oxazole rings is 1. The first-order valence-corrected chi connectivity index (χ1v) is 27.8. The average molecular weight is 1140 g/mol. The van der Waals surface area contributed by atoms with Gasteiger partial charge in [-0.25, -0.2) is 19.6 Å². The number of likely N-dealkylation sites (tertiary alicyclic amines) is 1. The summed E-state index contributed by atoms with van der Waals surface area (Å²) in [5, 5.41) is 25.4. The number of nitrogens with two attached hydrogens (primary N) is 1. The van der Waals surface area contributed by atoms with Crippen LogP contribution in [0.4, 0.5) is 24.7 Å². The first-order valence-electron chi connectivity index (χ1n) is 27.0. The van der Waals surface area contributed by atoms with Gasteiger partial charge in [0.05, 0.1) is 53.0 Å². The number of primary amides is 1. The van der Waals surface area contributed by atoms with Crippen LogP contribution in [0.15, 0.2) is 89.2 Å². The molecule has 1 saturated heterocycles. The van der Waals surface area contributed by atoms with Crippen LogP contribution in [0.2, 0.25) is 0 Å². The molecule has 1 aliphatic rings. The number of alkyl halides is 3. The van der Waals surface area contributed by atoms with Gasteiger partial charge in [-0.05, 0) is 92.0 Å². The molecule has 7 rings (SSSR count). The molecular weight excluding hydrogens is 1070 g/mol. The van der Waals surface area contributed by atoms with Crippen LogP contribution in [-0.4, -0.2) is 129 Å². The summed E-state index contributed by atoms with van der Waals surface area (Å²) >= 11 is 1.59. The van der Waals surface area contributed by atoms with E-state index in [1.165, 1.54) is 29.2 Å². The highest BCUT2D eigenvalue weighted by atomic mass is 32.1. The number of ether oxygens (including phenoxy) is 2. The van der Waals surface area contributed by atoms with E-state index >= 15 is 0 Å². The molecule has 0 bridgehead atoms. The summed E-state index contributed by atoms with van der Waals surface area (Å²) in [7, 11) is 0. The number of carbonyl (C=O) groups excluding carboxylic acids is 5. The van der Waals surface area contributed by atoms with Crippen molar-refractivity contribution < 1.29 is 56.1 Å². The molecular formula is C57H70F3N11O9S. The van der Waals surface area contributed by atoms with E-state index in [1.54, 1.807) is 40.5 Å². The molecule has 3 atom stereocenters. The quantitative estimate of drug-likeness (QED) is 0.0241. The van der Waals surface area contributed by atoms with Crippen molar-refractivity contribution in [3.63, 3.8) is 0 Å². The number of nitrogens with one attached hydrogen (secondary N) is 4. The molecule has 7 N–H and O–H groups in total. The fraction of sp³-hybridized carbons (Fsp3) is 0.456. The van der Waals surface area contributed by atoms with Gasteiger partial charge in [-0.15, -0.1) is 11.3 Å². The van der Waals surface area contributed by atoms with E-state index in [-0.39, 0.29) is 76.4 Å². The number of rotatable bonds is 29. The molecule has 4 aromatic heterocycles. The molecule has 0 spiro atoms. The maximum atomic E-state index is 14.1. The number of nitrogens with zero attached hydrogens (tertiary/aromatic N) is 6. The molecule has 0 unspecified atom stereocenters. The second-order valence-electron chi connectivity index (χ2n) is 20.9. The number of pyridine rings is 1. The lowest BCUT2D eigenvalue weighted by molar-refractivity contribution is -0.145. The predicted molar refractivity (Wildman–Crippen MR) is 298 cm³/mol. The van der Waals surface area contributed by atoms with Gasteiger partial charge in [0.1, 0.15) is 24.7 Å². The van der Waals surface area contributed by atoms with E-state index in [1.807, 2.05) is 36.7 Å². The Hall–Kier alpha value is -7.54. The number of β-amino-alcohol motifs (C(OH)–C–C–N with tert-alkyl or cyclic N) is 1. The molecule has 1 aliphatic heterocycles. The fourth-order valence-corrected chi connectivity index (χ4v) is 10.0. The number of halogens is 3. The molecule has 24 heteroatoms. The number of amides is 5. The fourth-order valence-electron chi connectivity index (χ4n) is 9.22. The summed E-state index contributed by atoms with van der Waals surface area (Å²) in [6, 6.07) is 16.4. The van der Waals surface area contributed by atoms with Gasteiger partial charge < -0.3 is 50.9 Å². The number of anilines is 2. The van der Waals surface area contributed by atoms with Crippen molar-refractivity contribution >= 4 is 52.4 Å².